The van der Waals surface area contributed by atoms with Gasteiger partial charge in [0.2, 0.25) is 5.84 Å². The van der Waals surface area contributed by atoms with Gasteiger partial charge in [-0.3, -0.25) is 9.55 Å². The molecule has 0 aromatic carbocycles. The standard InChI is InChI=1S/C8H8N6O/c9-7(13-15)8-12-3-4-14(8)6-5-10-1-2-11-6/h1-5,15H,(H2,9,13). The van der Waals surface area contributed by atoms with Gasteiger partial charge < -0.3 is 10.9 Å². The van der Waals surface area contributed by atoms with Gasteiger partial charge in [-0.15, -0.1) is 0 Å². The van der Waals surface area contributed by atoms with Crippen molar-refractivity contribution in [1.82, 2.24) is 19.5 Å². The van der Waals surface area contributed by atoms with Crippen LogP contribution in [0.25, 0.3) is 5.82 Å². The van der Waals surface area contributed by atoms with Crippen molar-refractivity contribution < 1.29 is 5.21 Å². The van der Waals surface area contributed by atoms with E-state index >= 15 is 0 Å². The van der Waals surface area contributed by atoms with E-state index in [1.54, 1.807) is 29.4 Å². The third-order valence-electron chi connectivity index (χ3n) is 1.77. The highest BCUT2D eigenvalue weighted by atomic mass is 16.4. The first-order valence-corrected chi connectivity index (χ1v) is 4.10. The van der Waals surface area contributed by atoms with Crippen molar-refractivity contribution in [1.29, 1.82) is 0 Å². The Morgan fingerprint density at radius 2 is 2.20 bits per heavy atom. The molecule has 76 valence electrons. The molecule has 0 amide bonds. The van der Waals surface area contributed by atoms with E-state index < -0.39 is 0 Å². The van der Waals surface area contributed by atoms with Crippen LogP contribution in [0, 0.1) is 0 Å². The van der Waals surface area contributed by atoms with Crippen molar-refractivity contribution in [2.45, 2.75) is 0 Å². The number of nitrogens with two attached hydrogens (primary N) is 1. The van der Waals surface area contributed by atoms with Crippen LogP contribution in [0.1, 0.15) is 5.82 Å². The Balaban J connectivity index is 2.51. The largest absolute Gasteiger partial charge is 0.409 e. The summed E-state index contributed by atoms with van der Waals surface area (Å²) in [5.41, 5.74) is 5.45. The molecule has 3 N–H and O–H groups in total. The number of amidine groups is 1. The summed E-state index contributed by atoms with van der Waals surface area (Å²) in [7, 11) is 0. The summed E-state index contributed by atoms with van der Waals surface area (Å²) in [6.45, 7) is 0. The Morgan fingerprint density at radius 3 is 2.87 bits per heavy atom. The molecule has 0 radical (unpaired) electrons. The van der Waals surface area contributed by atoms with Gasteiger partial charge in [-0.2, -0.15) is 0 Å². The summed E-state index contributed by atoms with van der Waals surface area (Å²) in [5.74, 6) is 0.792. The molecule has 7 nitrogen and oxygen atoms in total. The minimum Gasteiger partial charge on any atom is -0.409 e. The van der Waals surface area contributed by atoms with Gasteiger partial charge in [0.1, 0.15) is 0 Å². The van der Waals surface area contributed by atoms with Gasteiger partial charge in [-0.1, -0.05) is 5.16 Å². The molecule has 7 heteroatoms. The minimum atomic E-state index is -0.0781. The fourth-order valence-corrected chi connectivity index (χ4v) is 1.14. The average molecular weight is 204 g/mol. The monoisotopic (exact) mass is 204 g/mol. The molecule has 0 aliphatic heterocycles. The summed E-state index contributed by atoms with van der Waals surface area (Å²) in [6, 6.07) is 0. The highest BCUT2D eigenvalue weighted by molar-refractivity contribution is 5.94. The SMILES string of the molecule is NC(=NO)c1nccn1-c1cnccn1. The van der Waals surface area contributed by atoms with E-state index in [-0.39, 0.29) is 5.84 Å². The molecule has 0 spiro atoms. The fraction of sp³-hybridized carbons (Fsp3) is 0. The number of oxime groups is 1. The van der Waals surface area contributed by atoms with Crippen LogP contribution in [0.15, 0.2) is 36.1 Å². The number of rotatable bonds is 2. The van der Waals surface area contributed by atoms with Crippen LogP contribution in [-0.4, -0.2) is 30.6 Å². The molecule has 0 saturated carbocycles. The predicted molar refractivity (Wildman–Crippen MR) is 51.7 cm³/mol. The van der Waals surface area contributed by atoms with E-state index in [4.69, 9.17) is 10.9 Å². The van der Waals surface area contributed by atoms with Gasteiger partial charge in [0.25, 0.3) is 0 Å². The molecule has 15 heavy (non-hydrogen) atoms. The lowest BCUT2D eigenvalue weighted by Gasteiger charge is -2.03. The quantitative estimate of drug-likeness (QED) is 0.304. The fourth-order valence-electron chi connectivity index (χ4n) is 1.14. The molecule has 0 atom stereocenters. The molecule has 0 saturated heterocycles. The third kappa shape index (κ3) is 1.62. The van der Waals surface area contributed by atoms with E-state index in [1.165, 1.54) is 6.20 Å². The maximum Gasteiger partial charge on any atom is 0.206 e. The minimum absolute atomic E-state index is 0.0781. The van der Waals surface area contributed by atoms with Crippen molar-refractivity contribution in [3.63, 3.8) is 0 Å². The van der Waals surface area contributed by atoms with E-state index in [0.717, 1.165) is 0 Å². The molecule has 2 heterocycles. The molecule has 0 unspecified atom stereocenters. The summed E-state index contributed by atoms with van der Waals surface area (Å²) in [5, 5.41) is 11.4. The van der Waals surface area contributed by atoms with Crippen molar-refractivity contribution in [2.24, 2.45) is 10.9 Å². The maximum atomic E-state index is 8.55. The first kappa shape index (κ1) is 9.13. The summed E-state index contributed by atoms with van der Waals surface area (Å²) >= 11 is 0. The first-order valence-electron chi connectivity index (χ1n) is 4.10. The van der Waals surface area contributed by atoms with Gasteiger partial charge >= 0.3 is 0 Å². The number of nitrogens with zero attached hydrogens (tertiary/aromatic N) is 5. The Hall–Kier alpha value is -2.44. The second-order valence-electron chi connectivity index (χ2n) is 2.67. The van der Waals surface area contributed by atoms with Crippen LogP contribution < -0.4 is 5.73 Å². The Kier molecular flexibility index (Phi) is 2.28. The van der Waals surface area contributed by atoms with Crippen molar-refractivity contribution >= 4 is 5.84 Å². The highest BCUT2D eigenvalue weighted by Gasteiger charge is 2.09. The van der Waals surface area contributed by atoms with Crippen LogP contribution in [0.4, 0.5) is 0 Å². The molecule has 2 aromatic rings. The summed E-state index contributed by atoms with van der Waals surface area (Å²) < 4.78 is 1.57. The highest BCUT2D eigenvalue weighted by Crippen LogP contribution is 2.05. The van der Waals surface area contributed by atoms with E-state index in [1.807, 2.05) is 0 Å². The lowest BCUT2D eigenvalue weighted by Crippen LogP contribution is -2.19. The van der Waals surface area contributed by atoms with Crippen molar-refractivity contribution in [3.8, 4) is 5.82 Å². The van der Waals surface area contributed by atoms with Crippen LogP contribution >= 0.6 is 0 Å². The lowest BCUT2D eigenvalue weighted by molar-refractivity contribution is 0.318. The average Bonchev–Trinajstić information content (AvgIpc) is 2.78. The normalized spacial score (nSPS) is 11.6. The van der Waals surface area contributed by atoms with Crippen molar-refractivity contribution in [2.75, 3.05) is 0 Å². The third-order valence-corrected chi connectivity index (χ3v) is 1.77. The van der Waals surface area contributed by atoms with Crippen LogP contribution in [0.5, 0.6) is 0 Å². The Labute approximate surface area is 84.9 Å². The van der Waals surface area contributed by atoms with Crippen molar-refractivity contribution in [3.05, 3.63) is 36.8 Å². The van der Waals surface area contributed by atoms with Crippen LogP contribution in [0.2, 0.25) is 0 Å². The number of hydrogen-bond acceptors (Lipinski definition) is 5. The summed E-state index contributed by atoms with van der Waals surface area (Å²) in [6.07, 6.45) is 7.84. The van der Waals surface area contributed by atoms with E-state index in [2.05, 4.69) is 20.1 Å². The second kappa shape index (κ2) is 3.74. The van der Waals surface area contributed by atoms with E-state index in [0.29, 0.717) is 11.6 Å². The number of hydrogen-bond donors (Lipinski definition) is 2. The van der Waals surface area contributed by atoms with Crippen LogP contribution in [0.3, 0.4) is 0 Å². The first-order chi connectivity index (χ1) is 7.33. The molecule has 0 bridgehead atoms. The zero-order valence-electron chi connectivity index (χ0n) is 7.65. The van der Waals surface area contributed by atoms with Gasteiger partial charge in [0, 0.05) is 24.8 Å². The molecule has 0 aliphatic rings. The van der Waals surface area contributed by atoms with Crippen LogP contribution in [-0.2, 0) is 0 Å². The molecule has 0 aliphatic carbocycles. The van der Waals surface area contributed by atoms with Gasteiger partial charge in [0.05, 0.1) is 6.20 Å². The predicted octanol–water partition coefficient (Wildman–Crippen LogP) is -0.243. The van der Waals surface area contributed by atoms with Gasteiger partial charge in [0.15, 0.2) is 11.6 Å². The lowest BCUT2D eigenvalue weighted by atomic mass is 10.5. The van der Waals surface area contributed by atoms with E-state index in [9.17, 15) is 0 Å². The zero-order chi connectivity index (χ0) is 10.7. The zero-order valence-corrected chi connectivity index (χ0v) is 7.65. The Morgan fingerprint density at radius 1 is 1.33 bits per heavy atom. The maximum absolute atomic E-state index is 8.55. The van der Waals surface area contributed by atoms with Gasteiger partial charge in [-0.25, -0.2) is 9.97 Å². The molecular weight excluding hydrogens is 196 g/mol. The molecule has 2 aromatic heterocycles. The van der Waals surface area contributed by atoms with Gasteiger partial charge in [-0.05, 0) is 0 Å². The Bertz CT molecular complexity index is 477. The summed E-state index contributed by atoms with van der Waals surface area (Å²) in [4.78, 5) is 11.9. The molecule has 0 fully saturated rings. The topological polar surface area (TPSA) is 102 Å². The number of imidazole rings is 1. The number of aromatic nitrogens is 4. The molecular formula is C8H8N6O. The smallest absolute Gasteiger partial charge is 0.206 e. The molecule has 2 rings (SSSR count). The second-order valence-corrected chi connectivity index (χ2v) is 2.67.